The van der Waals surface area contributed by atoms with E-state index in [0.717, 1.165) is 0 Å². The maximum Gasteiger partial charge on any atom is 0.361 e. The number of hydrogen-bond donors (Lipinski definition) is 3. The van der Waals surface area contributed by atoms with Crippen molar-refractivity contribution < 1.29 is 28.6 Å². The summed E-state index contributed by atoms with van der Waals surface area (Å²) in [5.74, 6) is -0.316. The summed E-state index contributed by atoms with van der Waals surface area (Å²) in [5.41, 5.74) is 6.39. The second-order valence-corrected chi connectivity index (χ2v) is 8.12. The van der Waals surface area contributed by atoms with Gasteiger partial charge >= 0.3 is 12.0 Å². The van der Waals surface area contributed by atoms with Gasteiger partial charge in [-0.1, -0.05) is 0 Å². The van der Waals surface area contributed by atoms with E-state index in [1.165, 1.54) is 24.5 Å². The fourth-order valence-corrected chi connectivity index (χ4v) is 3.66. The van der Waals surface area contributed by atoms with E-state index in [4.69, 9.17) is 19.9 Å². The molecule has 1 aliphatic heterocycles. The molecular formula is C25H28N8O6. The minimum Gasteiger partial charge on any atom is -0.488 e. The molecule has 3 amide bonds. The summed E-state index contributed by atoms with van der Waals surface area (Å²) < 4.78 is 16.5. The average molecular weight is 537 g/mol. The maximum atomic E-state index is 12.8. The topological polar surface area (TPSA) is 184 Å². The Kier molecular flexibility index (Phi) is 8.78. The molecule has 2 aromatic heterocycles. The summed E-state index contributed by atoms with van der Waals surface area (Å²) in [7, 11) is 0. The molecule has 0 radical (unpaired) electrons. The molecule has 0 bridgehead atoms. The third-order valence-corrected chi connectivity index (χ3v) is 5.48. The lowest BCUT2D eigenvalue weighted by Crippen LogP contribution is -2.37. The highest BCUT2D eigenvalue weighted by Crippen LogP contribution is 2.33. The number of primary amides is 1. The van der Waals surface area contributed by atoms with Crippen molar-refractivity contribution >= 4 is 35.4 Å². The predicted molar refractivity (Wildman–Crippen MR) is 141 cm³/mol. The zero-order valence-corrected chi connectivity index (χ0v) is 21.5. The number of urea groups is 1. The Labute approximate surface area is 223 Å². The van der Waals surface area contributed by atoms with Gasteiger partial charge in [-0.05, 0) is 38.1 Å². The molecule has 0 atom stereocenters. The third kappa shape index (κ3) is 6.73. The lowest BCUT2D eigenvalue weighted by molar-refractivity contribution is 0.0514. The van der Waals surface area contributed by atoms with Gasteiger partial charge in [0.2, 0.25) is 11.9 Å². The lowest BCUT2D eigenvalue weighted by atomic mass is 10.2. The van der Waals surface area contributed by atoms with Gasteiger partial charge in [0.25, 0.3) is 0 Å². The molecule has 3 aromatic rings. The minimum atomic E-state index is -0.640. The van der Waals surface area contributed by atoms with Crippen LogP contribution in [0.1, 0.15) is 34.7 Å². The second kappa shape index (κ2) is 12.6. The van der Waals surface area contributed by atoms with Gasteiger partial charge in [0.1, 0.15) is 0 Å². The number of carbonyl (C=O) groups is 3. The monoisotopic (exact) mass is 536 g/mol. The number of carbonyl (C=O) groups excluding carboxylic acids is 3. The Morgan fingerprint density at radius 2 is 1.69 bits per heavy atom. The highest BCUT2D eigenvalue weighted by molar-refractivity contribution is 5.99. The molecule has 14 nitrogen and oxygen atoms in total. The number of aromatic nitrogens is 4. The highest BCUT2D eigenvalue weighted by Gasteiger charge is 2.27. The van der Waals surface area contributed by atoms with E-state index in [9.17, 15) is 14.4 Å². The van der Waals surface area contributed by atoms with Crippen LogP contribution in [0, 0.1) is 0 Å². The van der Waals surface area contributed by atoms with Crippen molar-refractivity contribution in [3.8, 4) is 17.1 Å². The molecule has 1 aliphatic rings. The van der Waals surface area contributed by atoms with Crippen LogP contribution in [0.4, 0.5) is 22.2 Å². The summed E-state index contributed by atoms with van der Waals surface area (Å²) >= 11 is 0. The second-order valence-electron chi connectivity index (χ2n) is 8.12. The van der Waals surface area contributed by atoms with Crippen molar-refractivity contribution in [1.82, 2.24) is 19.9 Å². The smallest absolute Gasteiger partial charge is 0.361 e. The number of esters is 1. The summed E-state index contributed by atoms with van der Waals surface area (Å²) in [6.45, 7) is 6.08. The number of anilines is 3. The van der Waals surface area contributed by atoms with Gasteiger partial charge in [0, 0.05) is 36.7 Å². The SMILES string of the molecule is CCOC(=O)c1nc(-c2cnc(NC(=O)Nc3ccc(C(N)=O)cc3)nc2)nc(N2CCOCC2)c1OCC. The van der Waals surface area contributed by atoms with E-state index < -0.39 is 17.9 Å². The number of rotatable bonds is 9. The molecule has 0 aliphatic carbocycles. The summed E-state index contributed by atoms with van der Waals surface area (Å²) in [6, 6.07) is 5.48. The quantitative estimate of drug-likeness (QED) is 0.340. The van der Waals surface area contributed by atoms with Gasteiger partial charge < -0.3 is 30.2 Å². The molecule has 4 N–H and O–H groups in total. The summed E-state index contributed by atoms with van der Waals surface area (Å²) in [6.07, 6.45) is 2.86. The van der Waals surface area contributed by atoms with Crippen LogP contribution in [0.15, 0.2) is 36.7 Å². The largest absolute Gasteiger partial charge is 0.488 e. The van der Waals surface area contributed by atoms with Crippen molar-refractivity contribution in [2.24, 2.45) is 5.73 Å². The van der Waals surface area contributed by atoms with E-state index in [1.807, 2.05) is 4.90 Å². The molecule has 4 rings (SSSR count). The molecule has 0 unspecified atom stereocenters. The molecule has 1 saturated heterocycles. The number of morpholine rings is 1. The maximum absolute atomic E-state index is 12.8. The molecule has 0 spiro atoms. The van der Waals surface area contributed by atoms with Crippen molar-refractivity contribution in [3.63, 3.8) is 0 Å². The van der Waals surface area contributed by atoms with E-state index in [2.05, 4.69) is 30.6 Å². The van der Waals surface area contributed by atoms with Crippen molar-refractivity contribution in [1.29, 1.82) is 0 Å². The number of amides is 3. The van der Waals surface area contributed by atoms with E-state index >= 15 is 0 Å². The number of nitrogens with zero attached hydrogens (tertiary/aromatic N) is 5. The fraction of sp³-hybridized carbons (Fsp3) is 0.320. The van der Waals surface area contributed by atoms with Crippen LogP contribution in [0.3, 0.4) is 0 Å². The Balaban J connectivity index is 1.57. The predicted octanol–water partition coefficient (Wildman–Crippen LogP) is 2.09. The normalized spacial score (nSPS) is 12.9. The molecule has 1 aromatic carbocycles. The van der Waals surface area contributed by atoms with Crippen LogP contribution in [0.2, 0.25) is 0 Å². The first-order valence-electron chi connectivity index (χ1n) is 12.2. The molecule has 0 saturated carbocycles. The summed E-state index contributed by atoms with van der Waals surface area (Å²) in [4.78, 5) is 55.7. The molecule has 14 heteroatoms. The Hall–Kier alpha value is -4.85. The van der Waals surface area contributed by atoms with Gasteiger partial charge in [0.05, 0.1) is 32.0 Å². The van der Waals surface area contributed by atoms with E-state index in [-0.39, 0.29) is 29.8 Å². The molecule has 39 heavy (non-hydrogen) atoms. The highest BCUT2D eigenvalue weighted by atomic mass is 16.5. The van der Waals surface area contributed by atoms with Crippen LogP contribution < -0.4 is 26.0 Å². The van der Waals surface area contributed by atoms with Crippen LogP contribution in [-0.2, 0) is 9.47 Å². The Morgan fingerprint density at radius 1 is 1.00 bits per heavy atom. The van der Waals surface area contributed by atoms with Gasteiger partial charge in [-0.25, -0.2) is 29.5 Å². The van der Waals surface area contributed by atoms with E-state index in [0.29, 0.717) is 55.5 Å². The minimum absolute atomic E-state index is 0.00544. The van der Waals surface area contributed by atoms with Gasteiger partial charge in [0.15, 0.2) is 23.1 Å². The third-order valence-electron chi connectivity index (χ3n) is 5.48. The number of nitrogens with two attached hydrogens (primary N) is 1. The van der Waals surface area contributed by atoms with Crippen LogP contribution >= 0.6 is 0 Å². The van der Waals surface area contributed by atoms with Crippen LogP contribution in [0.5, 0.6) is 5.75 Å². The molecule has 3 heterocycles. The summed E-state index contributed by atoms with van der Waals surface area (Å²) in [5, 5.41) is 5.13. The zero-order valence-electron chi connectivity index (χ0n) is 21.5. The van der Waals surface area contributed by atoms with Crippen molar-refractivity contribution in [3.05, 3.63) is 47.9 Å². The number of benzene rings is 1. The molecular weight excluding hydrogens is 508 g/mol. The first-order valence-corrected chi connectivity index (χ1v) is 12.2. The Bertz CT molecular complexity index is 1330. The molecule has 1 fully saturated rings. The van der Waals surface area contributed by atoms with Crippen LogP contribution in [-0.4, -0.2) is 77.4 Å². The standard InChI is InChI=1S/C25H28N8O6/c1-3-38-19-18(23(35)39-4-2)30-21(31-22(19)33-9-11-37-12-10-33)16-13-27-24(28-14-16)32-25(36)29-17-7-5-15(6-8-17)20(26)34/h5-8,13-14H,3-4,9-12H2,1-2H3,(H2,26,34)(H2,27,28,29,32,36). The first kappa shape index (κ1) is 27.2. The zero-order chi connectivity index (χ0) is 27.8. The van der Waals surface area contributed by atoms with Crippen molar-refractivity contribution in [2.75, 3.05) is 55.1 Å². The number of ether oxygens (including phenoxy) is 3. The van der Waals surface area contributed by atoms with Gasteiger partial charge in [-0.15, -0.1) is 0 Å². The van der Waals surface area contributed by atoms with E-state index in [1.54, 1.807) is 26.0 Å². The van der Waals surface area contributed by atoms with Gasteiger partial charge in [-0.3, -0.25) is 10.1 Å². The fourth-order valence-electron chi connectivity index (χ4n) is 3.66. The Morgan fingerprint density at radius 3 is 2.31 bits per heavy atom. The van der Waals surface area contributed by atoms with Crippen molar-refractivity contribution in [2.45, 2.75) is 13.8 Å². The van der Waals surface area contributed by atoms with Gasteiger partial charge in [-0.2, -0.15) is 0 Å². The number of nitrogens with one attached hydrogen (secondary N) is 2. The lowest BCUT2D eigenvalue weighted by Gasteiger charge is -2.29. The van der Waals surface area contributed by atoms with Crippen LogP contribution in [0.25, 0.3) is 11.4 Å². The number of hydrogen-bond acceptors (Lipinski definition) is 11. The molecule has 204 valence electrons. The first-order chi connectivity index (χ1) is 18.9. The average Bonchev–Trinajstić information content (AvgIpc) is 2.94.